The maximum Gasteiger partial charge on any atom is 0.0909 e. The van der Waals surface area contributed by atoms with Gasteiger partial charge in [-0.15, -0.1) is 0 Å². The second-order valence-electron chi connectivity index (χ2n) is 4.70. The number of nitrogens with one attached hydrogen (secondary N) is 1. The minimum atomic E-state index is -0.538. The van der Waals surface area contributed by atoms with Crippen molar-refractivity contribution in [2.45, 2.75) is 18.6 Å². The highest BCUT2D eigenvalue weighted by Crippen LogP contribution is 2.22. The lowest BCUT2D eigenvalue weighted by atomic mass is 10.0. The molecule has 0 unspecified atom stereocenters. The lowest BCUT2D eigenvalue weighted by molar-refractivity contribution is 0.0504. The second kappa shape index (κ2) is 4.95. The van der Waals surface area contributed by atoms with Gasteiger partial charge in [-0.2, -0.15) is 0 Å². The molecule has 0 aliphatic carbocycles. The minimum Gasteiger partial charge on any atom is -0.387 e. The third kappa shape index (κ3) is 2.82. The zero-order valence-corrected chi connectivity index (χ0v) is 9.82. The van der Waals surface area contributed by atoms with E-state index >= 15 is 0 Å². The van der Waals surface area contributed by atoms with E-state index in [1.165, 1.54) is 5.56 Å². The van der Waals surface area contributed by atoms with Gasteiger partial charge < -0.3 is 10.4 Å². The average molecular weight is 220 g/mol. The van der Waals surface area contributed by atoms with Crippen molar-refractivity contribution in [2.24, 2.45) is 0 Å². The van der Waals surface area contributed by atoms with Crippen molar-refractivity contribution >= 4 is 0 Å². The molecular formula is C13H20N2O. The molecule has 1 fully saturated rings. The standard InChI is InChI=1S/C13H20N2O/c1-14-10-13(16)7-8-15(11-13)9-12-5-3-2-4-6-12/h2-6,14,16H,7-11H2,1H3/t13-/m1/s1. The van der Waals surface area contributed by atoms with Crippen LogP contribution in [0.25, 0.3) is 0 Å². The fourth-order valence-corrected chi connectivity index (χ4v) is 2.39. The molecule has 0 bridgehead atoms. The summed E-state index contributed by atoms with van der Waals surface area (Å²) in [5, 5.41) is 13.3. The van der Waals surface area contributed by atoms with Gasteiger partial charge >= 0.3 is 0 Å². The summed E-state index contributed by atoms with van der Waals surface area (Å²) in [6.07, 6.45) is 0.862. The third-order valence-corrected chi connectivity index (χ3v) is 3.17. The number of benzene rings is 1. The number of aliphatic hydroxyl groups is 1. The summed E-state index contributed by atoms with van der Waals surface area (Å²) in [4.78, 5) is 2.31. The van der Waals surface area contributed by atoms with E-state index in [0.29, 0.717) is 6.54 Å². The monoisotopic (exact) mass is 220 g/mol. The topological polar surface area (TPSA) is 35.5 Å². The Balaban J connectivity index is 1.90. The second-order valence-corrected chi connectivity index (χ2v) is 4.70. The first-order chi connectivity index (χ1) is 7.72. The molecule has 1 aromatic carbocycles. The molecule has 1 aliphatic rings. The summed E-state index contributed by atoms with van der Waals surface area (Å²) in [5.74, 6) is 0. The van der Waals surface area contributed by atoms with E-state index in [2.05, 4.69) is 34.5 Å². The van der Waals surface area contributed by atoms with E-state index in [9.17, 15) is 5.11 Å². The Morgan fingerprint density at radius 1 is 1.38 bits per heavy atom. The van der Waals surface area contributed by atoms with Gasteiger partial charge in [-0.05, 0) is 19.0 Å². The summed E-state index contributed by atoms with van der Waals surface area (Å²) >= 11 is 0. The number of likely N-dealkylation sites (N-methyl/N-ethyl adjacent to an activating group) is 1. The molecule has 0 amide bonds. The zero-order chi connectivity index (χ0) is 11.4. The van der Waals surface area contributed by atoms with Gasteiger partial charge in [0.05, 0.1) is 5.60 Å². The molecule has 2 rings (SSSR count). The predicted octanol–water partition coefficient (Wildman–Crippen LogP) is 0.843. The van der Waals surface area contributed by atoms with Crippen LogP contribution in [0.2, 0.25) is 0 Å². The van der Waals surface area contributed by atoms with Gasteiger partial charge in [-0.1, -0.05) is 30.3 Å². The molecule has 0 radical (unpaired) electrons. The summed E-state index contributed by atoms with van der Waals surface area (Å²) in [7, 11) is 1.89. The minimum absolute atomic E-state index is 0.538. The summed E-state index contributed by atoms with van der Waals surface area (Å²) in [6.45, 7) is 3.36. The molecule has 3 heteroatoms. The Labute approximate surface area is 97.1 Å². The summed E-state index contributed by atoms with van der Waals surface area (Å²) in [6, 6.07) is 10.4. The van der Waals surface area contributed by atoms with Crippen LogP contribution in [0.3, 0.4) is 0 Å². The predicted molar refractivity (Wildman–Crippen MR) is 65.2 cm³/mol. The fourth-order valence-electron chi connectivity index (χ4n) is 2.39. The highest BCUT2D eigenvalue weighted by atomic mass is 16.3. The molecule has 88 valence electrons. The van der Waals surface area contributed by atoms with E-state index in [-0.39, 0.29) is 0 Å². The molecule has 1 heterocycles. The van der Waals surface area contributed by atoms with Gasteiger partial charge in [-0.25, -0.2) is 0 Å². The van der Waals surface area contributed by atoms with Crippen molar-refractivity contribution in [1.82, 2.24) is 10.2 Å². The quantitative estimate of drug-likeness (QED) is 0.789. The van der Waals surface area contributed by atoms with Crippen molar-refractivity contribution in [3.63, 3.8) is 0 Å². The van der Waals surface area contributed by atoms with Crippen molar-refractivity contribution in [2.75, 3.05) is 26.7 Å². The van der Waals surface area contributed by atoms with Crippen LogP contribution < -0.4 is 5.32 Å². The first-order valence-electron chi connectivity index (χ1n) is 5.85. The Morgan fingerprint density at radius 2 is 2.12 bits per heavy atom. The molecule has 0 aromatic heterocycles. The number of likely N-dealkylation sites (tertiary alicyclic amines) is 1. The van der Waals surface area contributed by atoms with E-state index in [4.69, 9.17) is 0 Å². The highest BCUT2D eigenvalue weighted by molar-refractivity contribution is 5.15. The average Bonchev–Trinajstić information content (AvgIpc) is 2.62. The third-order valence-electron chi connectivity index (χ3n) is 3.17. The first-order valence-corrected chi connectivity index (χ1v) is 5.85. The number of rotatable bonds is 4. The van der Waals surface area contributed by atoms with E-state index in [1.807, 2.05) is 13.1 Å². The van der Waals surface area contributed by atoms with Crippen LogP contribution in [0.5, 0.6) is 0 Å². The van der Waals surface area contributed by atoms with Gasteiger partial charge in [-0.3, -0.25) is 4.90 Å². The fraction of sp³-hybridized carbons (Fsp3) is 0.538. The molecule has 1 saturated heterocycles. The van der Waals surface area contributed by atoms with Gasteiger partial charge in [0.2, 0.25) is 0 Å². The van der Waals surface area contributed by atoms with Gasteiger partial charge in [0, 0.05) is 26.2 Å². The Kier molecular flexibility index (Phi) is 3.59. The zero-order valence-electron chi connectivity index (χ0n) is 9.82. The molecule has 3 nitrogen and oxygen atoms in total. The van der Waals surface area contributed by atoms with Crippen LogP contribution in [-0.2, 0) is 6.54 Å². The molecule has 16 heavy (non-hydrogen) atoms. The SMILES string of the molecule is CNC[C@]1(O)CCN(Cc2ccccc2)C1. The van der Waals surface area contributed by atoms with Crippen LogP contribution >= 0.6 is 0 Å². The first kappa shape index (κ1) is 11.6. The van der Waals surface area contributed by atoms with Crippen molar-refractivity contribution < 1.29 is 5.11 Å². The van der Waals surface area contributed by atoms with Crippen LogP contribution in [0, 0.1) is 0 Å². The largest absolute Gasteiger partial charge is 0.387 e. The normalized spacial score (nSPS) is 26.1. The van der Waals surface area contributed by atoms with E-state index in [1.54, 1.807) is 0 Å². The lowest BCUT2D eigenvalue weighted by Gasteiger charge is -2.23. The Morgan fingerprint density at radius 3 is 2.81 bits per heavy atom. The van der Waals surface area contributed by atoms with Crippen LogP contribution in [0.15, 0.2) is 30.3 Å². The van der Waals surface area contributed by atoms with E-state index < -0.39 is 5.60 Å². The molecule has 0 saturated carbocycles. The van der Waals surface area contributed by atoms with Gasteiger partial charge in [0.1, 0.15) is 0 Å². The van der Waals surface area contributed by atoms with Crippen LogP contribution in [0.1, 0.15) is 12.0 Å². The Hall–Kier alpha value is -0.900. The van der Waals surface area contributed by atoms with Gasteiger partial charge in [0.25, 0.3) is 0 Å². The summed E-state index contributed by atoms with van der Waals surface area (Å²) < 4.78 is 0. The van der Waals surface area contributed by atoms with Crippen LogP contribution in [0.4, 0.5) is 0 Å². The molecule has 1 aromatic rings. The Bertz CT molecular complexity index is 328. The highest BCUT2D eigenvalue weighted by Gasteiger charge is 2.34. The number of nitrogens with zero attached hydrogens (tertiary/aromatic N) is 1. The maximum atomic E-state index is 10.2. The van der Waals surface area contributed by atoms with Crippen molar-refractivity contribution in [3.8, 4) is 0 Å². The molecule has 0 spiro atoms. The smallest absolute Gasteiger partial charge is 0.0909 e. The number of β-amino-alcohol motifs (C(OH)–C–C–N with tert-alkyl or cyclic N) is 1. The molecule has 1 aliphatic heterocycles. The molecule has 2 N–H and O–H groups in total. The van der Waals surface area contributed by atoms with Crippen LogP contribution in [-0.4, -0.2) is 42.3 Å². The number of hydrogen-bond acceptors (Lipinski definition) is 3. The lowest BCUT2D eigenvalue weighted by Crippen LogP contribution is -2.41. The molecule has 1 atom stereocenters. The maximum absolute atomic E-state index is 10.2. The molecular weight excluding hydrogens is 200 g/mol. The number of hydrogen-bond donors (Lipinski definition) is 2. The van der Waals surface area contributed by atoms with Gasteiger partial charge in [0.15, 0.2) is 0 Å². The van der Waals surface area contributed by atoms with Crippen molar-refractivity contribution in [3.05, 3.63) is 35.9 Å². The summed E-state index contributed by atoms with van der Waals surface area (Å²) in [5.41, 5.74) is 0.778. The van der Waals surface area contributed by atoms with Crippen molar-refractivity contribution in [1.29, 1.82) is 0 Å². The van der Waals surface area contributed by atoms with E-state index in [0.717, 1.165) is 26.1 Å².